The van der Waals surface area contributed by atoms with Crippen molar-refractivity contribution < 1.29 is 13.2 Å². The van der Waals surface area contributed by atoms with Crippen molar-refractivity contribution in [3.8, 4) is 16.5 Å². The van der Waals surface area contributed by atoms with Crippen LogP contribution in [-0.4, -0.2) is 14.5 Å². The van der Waals surface area contributed by atoms with Gasteiger partial charge >= 0.3 is 6.18 Å². The van der Waals surface area contributed by atoms with Crippen LogP contribution in [0.3, 0.4) is 0 Å². The zero-order valence-electron chi connectivity index (χ0n) is 13.8. The van der Waals surface area contributed by atoms with Gasteiger partial charge in [-0.1, -0.05) is 23.7 Å². The van der Waals surface area contributed by atoms with Crippen molar-refractivity contribution in [1.29, 1.82) is 0 Å². The highest BCUT2D eigenvalue weighted by Gasteiger charge is 2.34. The van der Waals surface area contributed by atoms with Crippen LogP contribution in [0.4, 0.5) is 13.2 Å². The molecule has 0 aliphatic rings. The molecule has 0 unspecified atom stereocenters. The van der Waals surface area contributed by atoms with Crippen molar-refractivity contribution in [2.75, 3.05) is 0 Å². The average molecular weight is 407 g/mol. The molecule has 0 aliphatic heterocycles. The molecule has 0 atom stereocenters. The molecule has 27 heavy (non-hydrogen) atoms. The molecule has 0 N–H and O–H groups in total. The molecule has 3 nitrogen and oxygen atoms in total. The summed E-state index contributed by atoms with van der Waals surface area (Å²) >= 11 is 7.31. The number of aromatic nitrogens is 3. The van der Waals surface area contributed by atoms with Crippen molar-refractivity contribution >= 4 is 34.0 Å². The van der Waals surface area contributed by atoms with Gasteiger partial charge in [0.2, 0.25) is 0 Å². The molecule has 2 aromatic heterocycles. The van der Waals surface area contributed by atoms with E-state index < -0.39 is 11.7 Å². The summed E-state index contributed by atoms with van der Waals surface area (Å²) in [5.41, 5.74) is 1.60. The summed E-state index contributed by atoms with van der Waals surface area (Å²) in [5, 5.41) is 2.03. The van der Waals surface area contributed by atoms with Crippen molar-refractivity contribution in [2.45, 2.75) is 12.6 Å². The Labute approximate surface area is 162 Å². The highest BCUT2D eigenvalue weighted by atomic mass is 35.5. The lowest BCUT2D eigenvalue weighted by Crippen LogP contribution is -2.06. The number of alkyl halides is 3. The monoisotopic (exact) mass is 406 g/mol. The van der Waals surface area contributed by atoms with Gasteiger partial charge in [0, 0.05) is 17.3 Å². The third-order valence-corrected chi connectivity index (χ3v) is 5.24. The molecule has 2 heterocycles. The number of hydrogen-bond donors (Lipinski definition) is 0. The molecule has 0 amide bonds. The average Bonchev–Trinajstić information content (AvgIpc) is 3.27. The molecular formula is C19H12ClF3N3S. The van der Waals surface area contributed by atoms with Gasteiger partial charge in [-0.25, -0.2) is 9.97 Å². The van der Waals surface area contributed by atoms with E-state index in [-0.39, 0.29) is 10.5 Å². The highest BCUT2D eigenvalue weighted by molar-refractivity contribution is 7.13. The summed E-state index contributed by atoms with van der Waals surface area (Å²) in [5.74, 6) is 0.470. The maximum absolute atomic E-state index is 13.2. The molecule has 0 saturated heterocycles. The molecular weight excluding hydrogens is 395 g/mol. The van der Waals surface area contributed by atoms with Gasteiger partial charge in [0.05, 0.1) is 21.6 Å². The molecule has 137 valence electrons. The first-order valence-corrected chi connectivity index (χ1v) is 9.22. The van der Waals surface area contributed by atoms with E-state index >= 15 is 0 Å². The topological polar surface area (TPSA) is 30.7 Å². The van der Waals surface area contributed by atoms with Crippen LogP contribution in [-0.2, 0) is 12.6 Å². The molecule has 0 saturated carbocycles. The Morgan fingerprint density at radius 1 is 1.15 bits per heavy atom. The number of fused-ring (bicyclic) bond motifs is 1. The Hall–Kier alpha value is -2.38. The lowest BCUT2D eigenvalue weighted by molar-refractivity contribution is -0.137. The number of halogens is 4. The summed E-state index contributed by atoms with van der Waals surface area (Å²) in [4.78, 5) is 8.69. The van der Waals surface area contributed by atoms with Crippen molar-refractivity contribution in [3.63, 3.8) is 0 Å². The quantitative estimate of drug-likeness (QED) is 0.405. The van der Waals surface area contributed by atoms with Crippen LogP contribution >= 0.6 is 22.9 Å². The fourth-order valence-corrected chi connectivity index (χ4v) is 3.75. The zero-order chi connectivity index (χ0) is 19.2. The van der Waals surface area contributed by atoms with E-state index in [2.05, 4.69) is 16.9 Å². The second-order valence-electron chi connectivity index (χ2n) is 5.84. The minimum atomic E-state index is -4.55. The Morgan fingerprint density at radius 3 is 2.48 bits per heavy atom. The van der Waals surface area contributed by atoms with E-state index in [1.165, 1.54) is 17.4 Å². The largest absolute Gasteiger partial charge is 0.417 e. The van der Waals surface area contributed by atoms with Crippen LogP contribution < -0.4 is 0 Å². The second kappa shape index (κ2) is 6.65. The van der Waals surface area contributed by atoms with Gasteiger partial charge < -0.3 is 0 Å². The number of rotatable bonds is 3. The van der Waals surface area contributed by atoms with Gasteiger partial charge in [-0.3, -0.25) is 4.57 Å². The van der Waals surface area contributed by atoms with Crippen LogP contribution in [0.25, 0.3) is 27.6 Å². The lowest BCUT2D eigenvalue weighted by Gasteiger charge is -2.11. The van der Waals surface area contributed by atoms with E-state index in [9.17, 15) is 13.2 Å². The summed E-state index contributed by atoms with van der Waals surface area (Å²) in [6, 6.07) is 9.89. The molecule has 0 aliphatic carbocycles. The number of nitrogens with zero attached hydrogens (tertiary/aromatic N) is 3. The first-order chi connectivity index (χ1) is 12.9. The van der Waals surface area contributed by atoms with E-state index in [1.54, 1.807) is 16.1 Å². The molecule has 2 aromatic carbocycles. The second-order valence-corrected chi connectivity index (χ2v) is 7.14. The first-order valence-electron chi connectivity index (χ1n) is 7.96. The minimum absolute atomic E-state index is 0.207. The Balaban J connectivity index is 2.02. The lowest BCUT2D eigenvalue weighted by atomic mass is 10.1. The first kappa shape index (κ1) is 18.0. The van der Waals surface area contributed by atoms with E-state index in [0.717, 1.165) is 17.3 Å². The SMILES string of the molecule is [CH2]Cc1ccc(-n2c(-c3nccs3)nc3cc(C(F)(F)F)c(Cl)cc32)cc1. The van der Waals surface area contributed by atoms with Gasteiger partial charge in [0.25, 0.3) is 0 Å². The Kier molecular flexibility index (Phi) is 4.44. The van der Waals surface area contributed by atoms with E-state index in [0.29, 0.717) is 22.8 Å². The smallest absolute Gasteiger partial charge is 0.290 e. The van der Waals surface area contributed by atoms with E-state index in [4.69, 9.17) is 11.6 Å². The van der Waals surface area contributed by atoms with Gasteiger partial charge in [0.1, 0.15) is 0 Å². The van der Waals surface area contributed by atoms with Crippen molar-refractivity contribution in [3.05, 3.63) is 71.0 Å². The number of thiazole rings is 1. The molecule has 4 rings (SSSR count). The zero-order valence-corrected chi connectivity index (χ0v) is 15.4. The third kappa shape index (κ3) is 3.21. The maximum Gasteiger partial charge on any atom is 0.417 e. The standard InChI is InChI=1S/C19H12ClF3N3S/c1-2-11-3-5-12(6-4-11)26-16-10-14(20)13(19(21,22)23)9-15(16)25-17(26)18-24-7-8-27-18/h3-10H,1-2H2. The summed E-state index contributed by atoms with van der Waals surface area (Å²) in [7, 11) is 0. The summed E-state index contributed by atoms with van der Waals surface area (Å²) < 4.78 is 41.5. The highest BCUT2D eigenvalue weighted by Crippen LogP contribution is 2.39. The molecule has 4 aromatic rings. The van der Waals surface area contributed by atoms with Gasteiger partial charge in [-0.15, -0.1) is 11.3 Å². The minimum Gasteiger partial charge on any atom is -0.290 e. The fourth-order valence-electron chi connectivity index (χ4n) is 2.87. The number of hydrogen-bond acceptors (Lipinski definition) is 3. The Bertz CT molecular complexity index is 1100. The van der Waals surface area contributed by atoms with Crippen LogP contribution in [0.2, 0.25) is 5.02 Å². The maximum atomic E-state index is 13.2. The summed E-state index contributed by atoms with van der Waals surface area (Å²) in [6.45, 7) is 3.85. The molecule has 8 heteroatoms. The van der Waals surface area contributed by atoms with Crippen LogP contribution in [0, 0.1) is 6.92 Å². The number of imidazole rings is 1. The van der Waals surface area contributed by atoms with Gasteiger partial charge in [-0.05, 0) is 43.2 Å². The fraction of sp³-hybridized carbons (Fsp3) is 0.105. The molecule has 0 spiro atoms. The van der Waals surface area contributed by atoms with Crippen molar-refractivity contribution in [1.82, 2.24) is 14.5 Å². The van der Waals surface area contributed by atoms with Crippen molar-refractivity contribution in [2.24, 2.45) is 0 Å². The van der Waals surface area contributed by atoms with Crippen LogP contribution in [0.5, 0.6) is 0 Å². The predicted octanol–water partition coefficient (Wildman–Crippen LogP) is 6.20. The predicted molar refractivity (Wildman–Crippen MR) is 101 cm³/mol. The van der Waals surface area contributed by atoms with Gasteiger partial charge in [-0.2, -0.15) is 13.2 Å². The molecule has 0 bridgehead atoms. The third-order valence-electron chi connectivity index (χ3n) is 4.16. The molecule has 0 fully saturated rings. The van der Waals surface area contributed by atoms with E-state index in [1.807, 2.05) is 24.3 Å². The van der Waals surface area contributed by atoms with Crippen LogP contribution in [0.1, 0.15) is 11.1 Å². The summed E-state index contributed by atoms with van der Waals surface area (Å²) in [6.07, 6.45) is -2.28. The normalized spacial score (nSPS) is 12.0. The van der Waals surface area contributed by atoms with Crippen LogP contribution in [0.15, 0.2) is 48.0 Å². The Morgan fingerprint density at radius 2 is 1.89 bits per heavy atom. The van der Waals surface area contributed by atoms with Gasteiger partial charge in [0.15, 0.2) is 10.8 Å². The molecule has 1 radical (unpaired) electrons. The number of benzene rings is 2.